The van der Waals surface area contributed by atoms with Gasteiger partial charge in [-0.15, -0.1) is 0 Å². The Morgan fingerprint density at radius 3 is 3.07 bits per heavy atom. The van der Waals surface area contributed by atoms with Crippen LogP contribution in [0.2, 0.25) is 0 Å². The first-order valence-electron chi connectivity index (χ1n) is 10.5. The van der Waals surface area contributed by atoms with Crippen molar-refractivity contribution in [2.75, 3.05) is 29.9 Å². The first kappa shape index (κ1) is 18.8. The number of carbonyl (C=O) groups excluding carboxylic acids is 1. The topological polar surface area (TPSA) is 114 Å². The zero-order valence-electron chi connectivity index (χ0n) is 16.7. The third-order valence-corrected chi connectivity index (χ3v) is 6.57. The van der Waals surface area contributed by atoms with Crippen LogP contribution in [0.4, 0.5) is 11.5 Å². The number of fused-ring (bicyclic) bond motifs is 3. The molecule has 8 heteroatoms. The molecule has 3 N–H and O–H groups in total. The normalized spacial score (nSPS) is 25.2. The van der Waals surface area contributed by atoms with Gasteiger partial charge in [0.05, 0.1) is 23.6 Å². The van der Waals surface area contributed by atoms with Crippen molar-refractivity contribution in [3.05, 3.63) is 41.1 Å². The lowest BCUT2D eigenvalue weighted by atomic mass is 9.65. The van der Waals surface area contributed by atoms with Crippen LogP contribution in [0.3, 0.4) is 0 Å². The lowest BCUT2D eigenvalue weighted by molar-refractivity contribution is -0.122. The molecular formula is C22H24N6O2. The van der Waals surface area contributed by atoms with Gasteiger partial charge < -0.3 is 20.6 Å². The molecule has 5 rings (SSSR count). The summed E-state index contributed by atoms with van der Waals surface area (Å²) in [6.45, 7) is 1.96. The molecule has 3 heterocycles. The highest BCUT2D eigenvalue weighted by Crippen LogP contribution is 2.46. The molecule has 0 radical (unpaired) electrons. The lowest BCUT2D eigenvalue weighted by Gasteiger charge is -2.42. The maximum Gasteiger partial charge on any atom is 0.316 e. The Morgan fingerprint density at radius 2 is 2.20 bits per heavy atom. The van der Waals surface area contributed by atoms with Gasteiger partial charge in [0, 0.05) is 32.1 Å². The van der Waals surface area contributed by atoms with Crippen LogP contribution in [0.25, 0.3) is 0 Å². The summed E-state index contributed by atoms with van der Waals surface area (Å²) in [5.41, 5.74) is 2.87. The minimum Gasteiger partial charge on any atom is -0.479 e. The molecule has 2 aromatic rings. The standard InChI is InChI=1S/C22H24N6O2/c23-9-7-15-13-28(11-10-24-15)19-18-17(25-21(30)27-19)12-22(20(29)26-18)8-3-5-14-4-1-2-6-16(14)22/h1-2,4,6,15,24H,3,5,7-8,10-13H2,(H,26,29)(H,25,27,30). The van der Waals surface area contributed by atoms with E-state index in [1.54, 1.807) is 0 Å². The van der Waals surface area contributed by atoms with E-state index < -0.39 is 5.41 Å². The third-order valence-electron chi connectivity index (χ3n) is 6.57. The van der Waals surface area contributed by atoms with Crippen molar-refractivity contribution in [2.45, 2.75) is 43.6 Å². The van der Waals surface area contributed by atoms with Gasteiger partial charge in [-0.25, -0.2) is 0 Å². The number of aromatic nitrogens is 2. The molecule has 1 fully saturated rings. The van der Waals surface area contributed by atoms with Crippen molar-refractivity contribution in [2.24, 2.45) is 0 Å². The van der Waals surface area contributed by atoms with Crippen LogP contribution in [0.1, 0.15) is 36.1 Å². The van der Waals surface area contributed by atoms with E-state index in [0.29, 0.717) is 49.7 Å². The Balaban J connectivity index is 1.55. The number of nitrogens with zero attached hydrogens (tertiary/aromatic N) is 4. The molecule has 1 aliphatic carbocycles. The van der Waals surface area contributed by atoms with Crippen molar-refractivity contribution < 1.29 is 9.90 Å². The number of hydrogen-bond donors (Lipinski definition) is 3. The van der Waals surface area contributed by atoms with Gasteiger partial charge in [0.1, 0.15) is 5.69 Å². The van der Waals surface area contributed by atoms with Crippen molar-refractivity contribution >= 4 is 17.4 Å². The van der Waals surface area contributed by atoms with Gasteiger partial charge in [-0.05, 0) is 30.4 Å². The van der Waals surface area contributed by atoms with E-state index in [1.807, 2.05) is 23.1 Å². The number of hydrogen-bond acceptors (Lipinski definition) is 7. The minimum absolute atomic E-state index is 0.0207. The number of aryl methyl sites for hydroxylation is 1. The van der Waals surface area contributed by atoms with E-state index >= 15 is 0 Å². The summed E-state index contributed by atoms with van der Waals surface area (Å²) >= 11 is 0. The number of amides is 1. The highest BCUT2D eigenvalue weighted by atomic mass is 16.3. The van der Waals surface area contributed by atoms with Crippen molar-refractivity contribution in [3.8, 4) is 12.1 Å². The molecule has 0 saturated carbocycles. The summed E-state index contributed by atoms with van der Waals surface area (Å²) < 4.78 is 0. The third kappa shape index (κ3) is 2.97. The summed E-state index contributed by atoms with van der Waals surface area (Å²) in [6.07, 6.45) is 3.51. The fraction of sp³-hybridized carbons (Fsp3) is 0.455. The van der Waals surface area contributed by atoms with E-state index in [2.05, 4.69) is 32.7 Å². The van der Waals surface area contributed by atoms with E-state index in [-0.39, 0.29) is 18.0 Å². The Hall–Kier alpha value is -3.18. The molecular weight excluding hydrogens is 380 g/mol. The first-order valence-corrected chi connectivity index (χ1v) is 10.5. The number of piperazine rings is 1. The van der Waals surface area contributed by atoms with E-state index in [1.165, 1.54) is 5.56 Å². The summed E-state index contributed by atoms with van der Waals surface area (Å²) in [4.78, 5) is 24.1. The summed E-state index contributed by atoms with van der Waals surface area (Å²) in [5.74, 6) is 0.510. The molecule has 1 amide bonds. The predicted molar refractivity (Wildman–Crippen MR) is 111 cm³/mol. The Kier molecular flexibility index (Phi) is 4.55. The van der Waals surface area contributed by atoms with Crippen LogP contribution in [-0.4, -0.2) is 46.7 Å². The van der Waals surface area contributed by atoms with E-state index in [0.717, 1.165) is 24.8 Å². The van der Waals surface area contributed by atoms with Gasteiger partial charge in [-0.3, -0.25) is 4.79 Å². The van der Waals surface area contributed by atoms with Gasteiger partial charge in [-0.1, -0.05) is 24.3 Å². The summed E-state index contributed by atoms with van der Waals surface area (Å²) in [6, 6.07) is 10.1. The van der Waals surface area contributed by atoms with E-state index in [9.17, 15) is 9.90 Å². The number of nitrogens with one attached hydrogen (secondary N) is 2. The molecule has 8 nitrogen and oxygen atoms in total. The molecule has 2 unspecified atom stereocenters. The number of carbonyl (C=O) groups is 1. The average Bonchev–Trinajstić information content (AvgIpc) is 2.75. The quantitative estimate of drug-likeness (QED) is 0.697. The lowest BCUT2D eigenvalue weighted by Crippen LogP contribution is -2.52. The number of anilines is 2. The van der Waals surface area contributed by atoms with Crippen LogP contribution in [0.5, 0.6) is 6.01 Å². The molecule has 30 heavy (non-hydrogen) atoms. The highest BCUT2D eigenvalue weighted by molar-refractivity contribution is 6.04. The second-order valence-corrected chi connectivity index (χ2v) is 8.35. The highest BCUT2D eigenvalue weighted by Gasteiger charge is 2.48. The minimum atomic E-state index is -0.660. The van der Waals surface area contributed by atoms with Gasteiger partial charge in [0.15, 0.2) is 5.82 Å². The zero-order valence-corrected chi connectivity index (χ0v) is 16.7. The zero-order chi connectivity index (χ0) is 20.7. The van der Waals surface area contributed by atoms with Gasteiger partial charge in [0.25, 0.3) is 0 Å². The fourth-order valence-electron chi connectivity index (χ4n) is 5.17. The van der Waals surface area contributed by atoms with Gasteiger partial charge >= 0.3 is 6.01 Å². The molecule has 154 valence electrons. The van der Waals surface area contributed by atoms with Gasteiger partial charge in [0.2, 0.25) is 5.91 Å². The Bertz CT molecular complexity index is 1050. The summed E-state index contributed by atoms with van der Waals surface area (Å²) in [5, 5.41) is 25.7. The van der Waals surface area contributed by atoms with Gasteiger partial charge in [-0.2, -0.15) is 15.2 Å². The molecule has 2 aliphatic heterocycles. The predicted octanol–water partition coefficient (Wildman–Crippen LogP) is 1.64. The maximum absolute atomic E-state index is 13.5. The Labute approximate surface area is 174 Å². The first-order chi connectivity index (χ1) is 14.6. The molecule has 2 atom stereocenters. The summed E-state index contributed by atoms with van der Waals surface area (Å²) in [7, 11) is 0. The van der Waals surface area contributed by atoms with Crippen LogP contribution in [0, 0.1) is 11.3 Å². The molecule has 3 aliphatic rings. The van der Waals surface area contributed by atoms with Crippen molar-refractivity contribution in [1.82, 2.24) is 15.3 Å². The van der Waals surface area contributed by atoms with E-state index in [4.69, 9.17) is 5.26 Å². The van der Waals surface area contributed by atoms with Crippen LogP contribution >= 0.6 is 0 Å². The second kappa shape index (κ2) is 7.26. The SMILES string of the molecule is N#CCC1CN(c2nc(O)nc3c2NC(=O)C2(CCCc4ccccc42)C3)CCN1. The average molecular weight is 404 g/mol. The monoisotopic (exact) mass is 404 g/mol. The van der Waals surface area contributed by atoms with Crippen LogP contribution in [-0.2, 0) is 23.1 Å². The number of benzene rings is 1. The number of rotatable bonds is 2. The van der Waals surface area contributed by atoms with Crippen molar-refractivity contribution in [3.63, 3.8) is 0 Å². The number of aromatic hydroxyl groups is 1. The Morgan fingerprint density at radius 1 is 1.33 bits per heavy atom. The number of nitriles is 1. The van der Waals surface area contributed by atoms with Crippen LogP contribution in [0.15, 0.2) is 24.3 Å². The fourth-order valence-corrected chi connectivity index (χ4v) is 5.17. The van der Waals surface area contributed by atoms with Crippen LogP contribution < -0.4 is 15.5 Å². The van der Waals surface area contributed by atoms with Crippen molar-refractivity contribution in [1.29, 1.82) is 5.26 Å². The molecule has 1 saturated heterocycles. The molecule has 1 aromatic carbocycles. The second-order valence-electron chi connectivity index (χ2n) is 8.35. The molecule has 0 bridgehead atoms. The smallest absolute Gasteiger partial charge is 0.316 e. The molecule has 1 aromatic heterocycles. The molecule has 1 spiro atoms. The maximum atomic E-state index is 13.5. The largest absolute Gasteiger partial charge is 0.479 e.